The lowest BCUT2D eigenvalue weighted by atomic mass is 9.88. The van der Waals surface area contributed by atoms with E-state index in [-0.39, 0.29) is 16.7 Å². The Morgan fingerprint density at radius 2 is 1.85 bits per heavy atom. The maximum atomic E-state index is 15.1. The number of aromatic nitrogens is 1. The predicted octanol–water partition coefficient (Wildman–Crippen LogP) is 4.26. The van der Waals surface area contributed by atoms with Gasteiger partial charge in [0.05, 0.1) is 18.5 Å². The van der Waals surface area contributed by atoms with E-state index in [1.165, 1.54) is 13.2 Å². The number of pyridine rings is 1. The Kier molecular flexibility index (Phi) is 5.71. The molecule has 2 aromatic heterocycles. The lowest BCUT2D eigenvalue weighted by molar-refractivity contribution is 0.0600. The Morgan fingerprint density at radius 3 is 2.53 bits per heavy atom. The van der Waals surface area contributed by atoms with Crippen molar-refractivity contribution in [1.82, 2.24) is 14.8 Å². The molecule has 0 aliphatic carbocycles. The molecule has 176 valence electrons. The first-order valence-corrected chi connectivity index (χ1v) is 11.2. The summed E-state index contributed by atoms with van der Waals surface area (Å²) in [5.74, 6) is -0.975. The third-order valence-corrected chi connectivity index (χ3v) is 6.69. The van der Waals surface area contributed by atoms with Gasteiger partial charge >= 0.3 is 5.97 Å². The monoisotopic (exact) mass is 463 g/mol. The zero-order valence-electron chi connectivity index (χ0n) is 19.3. The van der Waals surface area contributed by atoms with Gasteiger partial charge in [-0.15, -0.1) is 0 Å². The Hall–Kier alpha value is -3.49. The largest absolute Gasteiger partial charge is 0.507 e. The number of benzene rings is 2. The first-order valence-electron chi connectivity index (χ1n) is 11.2. The summed E-state index contributed by atoms with van der Waals surface area (Å²) in [7, 11) is 3.37. The number of hydrogen-bond acceptors (Lipinski definition) is 7. The van der Waals surface area contributed by atoms with Crippen molar-refractivity contribution in [3.05, 3.63) is 71.0 Å². The van der Waals surface area contributed by atoms with E-state index < -0.39 is 17.8 Å². The second kappa shape index (κ2) is 8.70. The molecular weight excluding hydrogens is 437 g/mol. The molecule has 3 heterocycles. The molecule has 1 atom stereocenters. The molecule has 1 saturated heterocycles. The third kappa shape index (κ3) is 3.50. The summed E-state index contributed by atoms with van der Waals surface area (Å²) in [6, 6.07) is 7.86. The molecule has 0 radical (unpaired) electrons. The maximum absolute atomic E-state index is 15.1. The maximum Gasteiger partial charge on any atom is 0.342 e. The van der Waals surface area contributed by atoms with Gasteiger partial charge in [0.2, 0.25) is 0 Å². The van der Waals surface area contributed by atoms with Crippen LogP contribution in [0.3, 0.4) is 0 Å². The minimum absolute atomic E-state index is 0.0725. The first kappa shape index (κ1) is 22.3. The standard InChI is InChI=1S/C26H26FN3O4/c1-15-19(26(32)33-3)21-22(24(31)20-17(25(21)34-15)5-4-6-18(20)27)23(16-7-9-28-10-8-16)30-13-11-29(2)12-14-30/h4-10,23,31H,11-14H2,1-3H3. The van der Waals surface area contributed by atoms with E-state index in [1.807, 2.05) is 12.1 Å². The van der Waals surface area contributed by atoms with Gasteiger partial charge in [-0.3, -0.25) is 9.88 Å². The van der Waals surface area contributed by atoms with Crippen LogP contribution in [-0.2, 0) is 4.74 Å². The molecule has 5 rings (SSSR count). The van der Waals surface area contributed by atoms with Gasteiger partial charge in [-0.25, -0.2) is 9.18 Å². The average Bonchev–Trinajstić information content (AvgIpc) is 3.19. The molecule has 0 amide bonds. The second-order valence-electron chi connectivity index (χ2n) is 8.68. The lowest BCUT2D eigenvalue weighted by Crippen LogP contribution is -2.46. The van der Waals surface area contributed by atoms with Crippen molar-refractivity contribution in [1.29, 1.82) is 0 Å². The van der Waals surface area contributed by atoms with Gasteiger partial charge < -0.3 is 19.2 Å². The second-order valence-corrected chi connectivity index (χ2v) is 8.68. The summed E-state index contributed by atoms with van der Waals surface area (Å²) in [6.45, 7) is 4.80. The minimum atomic E-state index is -0.570. The van der Waals surface area contributed by atoms with Gasteiger partial charge in [-0.05, 0) is 37.7 Å². The number of fused-ring (bicyclic) bond motifs is 3. The predicted molar refractivity (Wildman–Crippen MR) is 127 cm³/mol. The highest BCUT2D eigenvalue weighted by Crippen LogP contribution is 2.48. The number of carbonyl (C=O) groups is 1. The number of aromatic hydroxyl groups is 1. The molecule has 1 fully saturated rings. The highest BCUT2D eigenvalue weighted by molar-refractivity contribution is 6.16. The van der Waals surface area contributed by atoms with Crippen molar-refractivity contribution >= 4 is 27.7 Å². The summed E-state index contributed by atoms with van der Waals surface area (Å²) in [4.78, 5) is 21.5. The Morgan fingerprint density at radius 1 is 1.15 bits per heavy atom. The minimum Gasteiger partial charge on any atom is -0.507 e. The van der Waals surface area contributed by atoms with Gasteiger partial charge in [-0.2, -0.15) is 0 Å². The summed E-state index contributed by atoms with van der Waals surface area (Å²) in [5, 5.41) is 12.6. The molecule has 1 aliphatic heterocycles. The average molecular weight is 464 g/mol. The zero-order chi connectivity index (χ0) is 24.0. The molecular formula is C26H26FN3O4. The fraction of sp³-hybridized carbons (Fsp3) is 0.308. The molecule has 8 heteroatoms. The van der Waals surface area contributed by atoms with Crippen LogP contribution in [0, 0.1) is 12.7 Å². The molecule has 0 bridgehead atoms. The van der Waals surface area contributed by atoms with Crippen LogP contribution in [0.1, 0.15) is 33.3 Å². The van der Waals surface area contributed by atoms with E-state index in [0.29, 0.717) is 27.7 Å². The number of likely N-dealkylation sites (N-methyl/N-ethyl adjacent to an activating group) is 1. The van der Waals surface area contributed by atoms with Gasteiger partial charge in [0.1, 0.15) is 28.5 Å². The van der Waals surface area contributed by atoms with Crippen LogP contribution >= 0.6 is 0 Å². The van der Waals surface area contributed by atoms with Crippen LogP contribution in [0.5, 0.6) is 5.75 Å². The molecule has 34 heavy (non-hydrogen) atoms. The number of carbonyl (C=O) groups excluding carboxylic acids is 1. The summed E-state index contributed by atoms with van der Waals surface area (Å²) in [6.07, 6.45) is 3.38. The summed E-state index contributed by atoms with van der Waals surface area (Å²) < 4.78 is 26.3. The van der Waals surface area contributed by atoms with Crippen molar-refractivity contribution < 1.29 is 23.4 Å². The number of phenols is 1. The number of halogens is 1. The number of methoxy groups -OCH3 is 1. The number of hydrogen-bond donors (Lipinski definition) is 1. The Labute approximate surface area is 196 Å². The van der Waals surface area contributed by atoms with Gasteiger partial charge in [0, 0.05) is 54.9 Å². The lowest BCUT2D eigenvalue weighted by Gasteiger charge is -2.39. The normalized spacial score (nSPS) is 16.2. The molecule has 1 N–H and O–H groups in total. The van der Waals surface area contributed by atoms with Crippen LogP contribution < -0.4 is 0 Å². The van der Waals surface area contributed by atoms with Crippen LogP contribution in [0.4, 0.5) is 4.39 Å². The number of nitrogens with zero attached hydrogens (tertiary/aromatic N) is 3. The molecule has 1 unspecified atom stereocenters. The molecule has 2 aromatic carbocycles. The molecule has 1 aliphatic rings. The number of esters is 1. The molecule has 7 nitrogen and oxygen atoms in total. The topological polar surface area (TPSA) is 79.0 Å². The number of aryl methyl sites for hydroxylation is 1. The highest BCUT2D eigenvalue weighted by Gasteiger charge is 2.35. The third-order valence-electron chi connectivity index (χ3n) is 6.69. The van der Waals surface area contributed by atoms with Crippen molar-refractivity contribution in [2.75, 3.05) is 40.3 Å². The van der Waals surface area contributed by atoms with Crippen molar-refractivity contribution in [2.24, 2.45) is 0 Å². The fourth-order valence-electron chi connectivity index (χ4n) is 5.00. The zero-order valence-corrected chi connectivity index (χ0v) is 19.3. The number of phenolic OH excluding ortho intramolecular Hbond substituents is 1. The molecule has 0 saturated carbocycles. The van der Waals surface area contributed by atoms with E-state index in [2.05, 4.69) is 21.8 Å². The SMILES string of the molecule is COC(=O)c1c(C)oc2c1c(C(c1ccncc1)N1CCN(C)CC1)c(O)c1c(F)cccc12. The van der Waals surface area contributed by atoms with E-state index in [4.69, 9.17) is 9.15 Å². The number of rotatable bonds is 4. The van der Waals surface area contributed by atoms with Gasteiger partial charge in [0.15, 0.2) is 0 Å². The van der Waals surface area contributed by atoms with Crippen LogP contribution in [0.15, 0.2) is 47.1 Å². The van der Waals surface area contributed by atoms with E-state index in [1.54, 1.807) is 31.5 Å². The van der Waals surface area contributed by atoms with Gasteiger partial charge in [-0.1, -0.05) is 12.1 Å². The van der Waals surface area contributed by atoms with Crippen molar-refractivity contribution in [3.63, 3.8) is 0 Å². The first-order chi connectivity index (χ1) is 16.4. The number of ether oxygens (including phenoxy) is 1. The quantitative estimate of drug-likeness (QED) is 0.453. The van der Waals surface area contributed by atoms with E-state index in [0.717, 1.165) is 31.7 Å². The van der Waals surface area contributed by atoms with Crippen LogP contribution in [0.25, 0.3) is 21.7 Å². The molecule has 4 aromatic rings. The Bertz CT molecular complexity index is 1380. The van der Waals surface area contributed by atoms with Crippen LogP contribution in [-0.4, -0.2) is 66.2 Å². The van der Waals surface area contributed by atoms with Crippen LogP contribution in [0.2, 0.25) is 0 Å². The van der Waals surface area contributed by atoms with Crippen molar-refractivity contribution in [2.45, 2.75) is 13.0 Å². The molecule has 0 spiro atoms. The smallest absolute Gasteiger partial charge is 0.342 e. The van der Waals surface area contributed by atoms with Crippen molar-refractivity contribution in [3.8, 4) is 5.75 Å². The fourth-order valence-corrected chi connectivity index (χ4v) is 5.00. The summed E-state index contributed by atoms with van der Waals surface area (Å²) >= 11 is 0. The number of furan rings is 1. The van der Waals surface area contributed by atoms with E-state index in [9.17, 15) is 9.90 Å². The highest BCUT2D eigenvalue weighted by atomic mass is 19.1. The Balaban J connectivity index is 1.91. The van der Waals surface area contributed by atoms with Gasteiger partial charge in [0.25, 0.3) is 0 Å². The van der Waals surface area contributed by atoms with E-state index >= 15 is 4.39 Å². The summed E-state index contributed by atoms with van der Waals surface area (Å²) in [5.41, 5.74) is 1.90. The number of piperazine rings is 1.